The highest BCUT2D eigenvalue weighted by Crippen LogP contribution is 2.45. The molecule has 0 atom stereocenters. The highest BCUT2D eigenvalue weighted by Gasteiger charge is 2.21. The summed E-state index contributed by atoms with van der Waals surface area (Å²) < 4.78 is 5.10. The lowest BCUT2D eigenvalue weighted by Gasteiger charge is -2.27. The van der Waals surface area contributed by atoms with Gasteiger partial charge in [0.1, 0.15) is 0 Å². The third kappa shape index (κ3) is 3.72. The normalized spacial score (nSPS) is 11.7. The number of aromatic nitrogens is 1. The SMILES string of the molecule is c1ccc(N(c2ccccc2)c2cc3c(c4ccccc24)c2ccccc2n3-c2ccc3sc4ccccc4c3c2)cc1. The molecule has 9 aromatic rings. The first-order chi connectivity index (χ1) is 21.3. The Morgan fingerprint density at radius 2 is 1.00 bits per heavy atom. The molecule has 0 amide bonds. The average Bonchev–Trinajstić information content (AvgIpc) is 3.61. The van der Waals surface area contributed by atoms with Gasteiger partial charge in [-0.05, 0) is 66.0 Å². The maximum atomic E-state index is 2.46. The zero-order valence-electron chi connectivity index (χ0n) is 23.3. The van der Waals surface area contributed by atoms with Crippen molar-refractivity contribution in [3.8, 4) is 5.69 Å². The van der Waals surface area contributed by atoms with Crippen LogP contribution in [0.1, 0.15) is 0 Å². The van der Waals surface area contributed by atoms with E-state index in [-0.39, 0.29) is 0 Å². The first-order valence-electron chi connectivity index (χ1n) is 14.6. The van der Waals surface area contributed by atoms with E-state index in [0.29, 0.717) is 0 Å². The van der Waals surface area contributed by atoms with Crippen LogP contribution in [0.5, 0.6) is 0 Å². The fraction of sp³-hybridized carbons (Fsp3) is 0. The molecule has 3 heteroatoms. The molecule has 2 aromatic heterocycles. The van der Waals surface area contributed by atoms with E-state index in [0.717, 1.165) is 17.1 Å². The molecule has 0 radical (unpaired) electrons. The van der Waals surface area contributed by atoms with E-state index in [4.69, 9.17) is 0 Å². The summed E-state index contributed by atoms with van der Waals surface area (Å²) >= 11 is 1.86. The van der Waals surface area contributed by atoms with E-state index in [2.05, 4.69) is 167 Å². The Hall–Kier alpha value is -5.38. The second-order valence-corrected chi connectivity index (χ2v) is 12.1. The van der Waals surface area contributed by atoms with Crippen LogP contribution < -0.4 is 4.90 Å². The molecule has 9 rings (SSSR count). The lowest BCUT2D eigenvalue weighted by atomic mass is 10.0. The van der Waals surface area contributed by atoms with Gasteiger partial charge >= 0.3 is 0 Å². The standard InChI is InChI=1S/C40H26N2S/c1-3-13-27(14-4-1)41(28-15-5-2-6-16-28)36-26-37-40(32-19-8-7-17-30(32)36)33-20-9-11-21-35(33)42(37)29-23-24-39-34(25-29)31-18-10-12-22-38(31)43-39/h1-26H. The van der Waals surface area contributed by atoms with E-state index in [9.17, 15) is 0 Å². The van der Waals surface area contributed by atoms with Gasteiger partial charge < -0.3 is 9.47 Å². The molecule has 0 saturated heterocycles. The number of hydrogen-bond donors (Lipinski definition) is 0. The zero-order valence-corrected chi connectivity index (χ0v) is 24.1. The summed E-state index contributed by atoms with van der Waals surface area (Å²) in [5, 5.41) is 7.65. The van der Waals surface area contributed by atoms with Gasteiger partial charge in [-0.3, -0.25) is 0 Å². The average molecular weight is 567 g/mol. The van der Waals surface area contributed by atoms with Crippen molar-refractivity contribution in [2.24, 2.45) is 0 Å². The van der Waals surface area contributed by atoms with Gasteiger partial charge in [-0.15, -0.1) is 11.3 Å². The van der Waals surface area contributed by atoms with Crippen molar-refractivity contribution in [1.82, 2.24) is 4.57 Å². The van der Waals surface area contributed by atoms with Crippen molar-refractivity contribution in [2.45, 2.75) is 0 Å². The Labute approximate surface area is 253 Å². The molecule has 0 aliphatic carbocycles. The predicted octanol–water partition coefficient (Wildman–Crippen LogP) is 11.8. The molecular weight excluding hydrogens is 541 g/mol. The van der Waals surface area contributed by atoms with Crippen LogP contribution in [0.15, 0.2) is 158 Å². The van der Waals surface area contributed by atoms with Gasteiger partial charge in [0.2, 0.25) is 0 Å². The zero-order chi connectivity index (χ0) is 28.3. The van der Waals surface area contributed by atoms with Gasteiger partial charge in [0.15, 0.2) is 0 Å². The monoisotopic (exact) mass is 566 g/mol. The van der Waals surface area contributed by atoms with Crippen molar-refractivity contribution in [3.05, 3.63) is 158 Å². The van der Waals surface area contributed by atoms with Crippen molar-refractivity contribution < 1.29 is 0 Å². The highest BCUT2D eigenvalue weighted by atomic mass is 32.1. The van der Waals surface area contributed by atoms with Gasteiger partial charge in [-0.25, -0.2) is 0 Å². The fourth-order valence-corrected chi connectivity index (χ4v) is 7.80. The van der Waals surface area contributed by atoms with E-state index < -0.39 is 0 Å². The van der Waals surface area contributed by atoms with E-state index in [1.807, 2.05) is 11.3 Å². The van der Waals surface area contributed by atoms with Crippen LogP contribution in [0.2, 0.25) is 0 Å². The third-order valence-corrected chi connectivity index (χ3v) is 9.70. The lowest BCUT2D eigenvalue weighted by molar-refractivity contribution is 1.18. The summed E-state index contributed by atoms with van der Waals surface area (Å²) in [5.41, 5.74) is 7.01. The Bertz CT molecular complexity index is 2410. The number of thiophene rings is 1. The summed E-state index contributed by atoms with van der Waals surface area (Å²) in [7, 11) is 0. The molecule has 2 nitrogen and oxygen atoms in total. The molecule has 2 heterocycles. The molecule has 0 aliphatic heterocycles. The van der Waals surface area contributed by atoms with Gasteiger partial charge in [-0.1, -0.05) is 97.1 Å². The molecule has 0 saturated carbocycles. The molecular formula is C40H26N2S. The van der Waals surface area contributed by atoms with E-state index in [1.54, 1.807) is 0 Å². The maximum absolute atomic E-state index is 2.46. The van der Waals surface area contributed by atoms with Crippen LogP contribution in [0, 0.1) is 0 Å². The third-order valence-electron chi connectivity index (χ3n) is 8.55. The van der Waals surface area contributed by atoms with Crippen LogP contribution in [0.25, 0.3) is 58.4 Å². The summed E-state index contributed by atoms with van der Waals surface area (Å²) in [6.45, 7) is 0. The first kappa shape index (κ1) is 24.2. The summed E-state index contributed by atoms with van der Waals surface area (Å²) in [6.07, 6.45) is 0. The number of benzene rings is 7. The predicted molar refractivity (Wildman–Crippen MR) is 186 cm³/mol. The van der Waals surface area contributed by atoms with Gasteiger partial charge in [0.25, 0.3) is 0 Å². The molecule has 7 aromatic carbocycles. The Kier molecular flexibility index (Phi) is 5.40. The topological polar surface area (TPSA) is 8.17 Å². The lowest BCUT2D eigenvalue weighted by Crippen LogP contribution is -2.10. The van der Waals surface area contributed by atoms with Crippen LogP contribution in [-0.2, 0) is 0 Å². The summed E-state index contributed by atoms with van der Waals surface area (Å²) in [6, 6.07) is 57.2. The fourth-order valence-electron chi connectivity index (χ4n) is 6.71. The maximum Gasteiger partial charge on any atom is 0.0568 e. The van der Waals surface area contributed by atoms with Gasteiger partial charge in [-0.2, -0.15) is 0 Å². The minimum absolute atomic E-state index is 1.13. The number of anilines is 3. The minimum atomic E-state index is 1.13. The Morgan fingerprint density at radius 1 is 0.419 bits per heavy atom. The minimum Gasteiger partial charge on any atom is -0.310 e. The van der Waals surface area contributed by atoms with Crippen molar-refractivity contribution >= 4 is 81.1 Å². The Balaban J connectivity index is 1.42. The molecule has 0 fully saturated rings. The summed E-state index contributed by atoms with van der Waals surface area (Å²) in [4.78, 5) is 2.39. The number of rotatable bonds is 4. The highest BCUT2D eigenvalue weighted by molar-refractivity contribution is 7.25. The number of nitrogens with zero attached hydrogens (tertiary/aromatic N) is 2. The quantitative estimate of drug-likeness (QED) is 0.206. The number of hydrogen-bond acceptors (Lipinski definition) is 2. The van der Waals surface area contributed by atoms with Crippen LogP contribution >= 0.6 is 11.3 Å². The molecule has 0 N–H and O–H groups in total. The molecule has 0 spiro atoms. The van der Waals surface area contributed by atoms with Crippen molar-refractivity contribution in [2.75, 3.05) is 4.90 Å². The molecule has 0 aliphatic rings. The largest absolute Gasteiger partial charge is 0.310 e. The van der Waals surface area contributed by atoms with Crippen molar-refractivity contribution in [3.63, 3.8) is 0 Å². The van der Waals surface area contributed by atoms with Crippen molar-refractivity contribution in [1.29, 1.82) is 0 Å². The number of fused-ring (bicyclic) bond motifs is 8. The molecule has 202 valence electrons. The van der Waals surface area contributed by atoms with Crippen LogP contribution in [-0.4, -0.2) is 4.57 Å². The summed E-state index contributed by atoms with van der Waals surface area (Å²) in [5.74, 6) is 0. The first-order valence-corrected chi connectivity index (χ1v) is 15.4. The smallest absolute Gasteiger partial charge is 0.0568 e. The second-order valence-electron chi connectivity index (χ2n) is 11.0. The van der Waals surface area contributed by atoms with Crippen LogP contribution in [0.4, 0.5) is 17.1 Å². The number of para-hydroxylation sites is 3. The second kappa shape index (κ2) is 9.59. The molecule has 0 bridgehead atoms. The van der Waals surface area contributed by atoms with E-state index in [1.165, 1.54) is 58.4 Å². The van der Waals surface area contributed by atoms with E-state index >= 15 is 0 Å². The van der Waals surface area contributed by atoms with Gasteiger partial charge in [0.05, 0.1) is 16.7 Å². The Morgan fingerprint density at radius 3 is 1.74 bits per heavy atom. The van der Waals surface area contributed by atoms with Crippen LogP contribution in [0.3, 0.4) is 0 Å². The molecule has 43 heavy (non-hydrogen) atoms. The molecule has 0 unspecified atom stereocenters. The van der Waals surface area contributed by atoms with Gasteiger partial charge in [0, 0.05) is 53.4 Å².